The van der Waals surface area contributed by atoms with Gasteiger partial charge in [0.05, 0.1) is 27.8 Å². The minimum absolute atomic E-state index is 0.0445. The Kier molecular flexibility index (Phi) is 4.73. The summed E-state index contributed by atoms with van der Waals surface area (Å²) >= 11 is 6.28. The molecular weight excluding hydrogens is 332 g/mol. The SMILES string of the molecule is CCOC1CC(O)C12CCN(c1cc(C)c([N+](=O)[O-])cc1Cl)CC2. The van der Waals surface area contributed by atoms with Gasteiger partial charge in [-0.1, -0.05) is 11.6 Å². The first kappa shape index (κ1) is 17.5. The monoisotopic (exact) mass is 354 g/mol. The van der Waals surface area contributed by atoms with Crippen LogP contribution in [0.5, 0.6) is 0 Å². The van der Waals surface area contributed by atoms with Gasteiger partial charge in [0.25, 0.3) is 5.69 Å². The number of aliphatic hydroxyl groups is 1. The van der Waals surface area contributed by atoms with Crippen molar-refractivity contribution in [2.75, 3.05) is 24.6 Å². The van der Waals surface area contributed by atoms with Crippen LogP contribution < -0.4 is 4.90 Å². The zero-order chi connectivity index (χ0) is 17.5. The molecule has 2 aliphatic rings. The molecule has 7 heteroatoms. The number of aryl methyl sites for hydroxylation is 1. The number of ether oxygens (including phenoxy) is 1. The van der Waals surface area contributed by atoms with E-state index in [1.807, 2.05) is 6.92 Å². The van der Waals surface area contributed by atoms with Gasteiger partial charge >= 0.3 is 0 Å². The average Bonchev–Trinajstić information content (AvgIpc) is 2.56. The van der Waals surface area contributed by atoms with Crippen molar-refractivity contribution in [1.82, 2.24) is 0 Å². The average molecular weight is 355 g/mol. The fraction of sp³-hybridized carbons (Fsp3) is 0.647. The zero-order valence-electron chi connectivity index (χ0n) is 14.0. The number of halogens is 1. The quantitative estimate of drug-likeness (QED) is 0.663. The molecule has 1 saturated carbocycles. The van der Waals surface area contributed by atoms with Crippen molar-refractivity contribution in [3.63, 3.8) is 0 Å². The molecule has 1 aliphatic carbocycles. The van der Waals surface area contributed by atoms with E-state index in [2.05, 4.69) is 4.90 Å². The van der Waals surface area contributed by atoms with E-state index in [0.29, 0.717) is 23.6 Å². The van der Waals surface area contributed by atoms with Crippen LogP contribution in [0.25, 0.3) is 0 Å². The third-order valence-corrected chi connectivity index (χ3v) is 5.91. The van der Waals surface area contributed by atoms with Crippen LogP contribution in [0.15, 0.2) is 12.1 Å². The molecule has 0 amide bonds. The molecule has 6 nitrogen and oxygen atoms in total. The number of nitro groups is 1. The van der Waals surface area contributed by atoms with Crippen LogP contribution in [-0.4, -0.2) is 41.9 Å². The van der Waals surface area contributed by atoms with Gasteiger partial charge in [0.15, 0.2) is 0 Å². The van der Waals surface area contributed by atoms with E-state index in [0.717, 1.165) is 31.6 Å². The van der Waals surface area contributed by atoms with E-state index in [-0.39, 0.29) is 23.3 Å². The molecule has 0 aromatic heterocycles. The van der Waals surface area contributed by atoms with E-state index in [9.17, 15) is 15.2 Å². The highest BCUT2D eigenvalue weighted by molar-refractivity contribution is 6.33. The number of aliphatic hydroxyl groups excluding tert-OH is 1. The van der Waals surface area contributed by atoms with Crippen molar-refractivity contribution >= 4 is 23.0 Å². The van der Waals surface area contributed by atoms with E-state index >= 15 is 0 Å². The van der Waals surface area contributed by atoms with Gasteiger partial charge < -0.3 is 14.7 Å². The second-order valence-electron chi connectivity index (χ2n) is 6.76. The van der Waals surface area contributed by atoms with Crippen LogP contribution in [0, 0.1) is 22.5 Å². The number of hydrogen-bond donors (Lipinski definition) is 1. The molecule has 0 radical (unpaired) electrons. The van der Waals surface area contributed by atoms with Crippen LogP contribution in [0.4, 0.5) is 11.4 Å². The van der Waals surface area contributed by atoms with E-state index < -0.39 is 4.92 Å². The lowest BCUT2D eigenvalue weighted by atomic mass is 9.58. The maximum atomic E-state index is 11.0. The molecule has 1 saturated heterocycles. The maximum Gasteiger partial charge on any atom is 0.273 e. The molecule has 2 atom stereocenters. The van der Waals surface area contributed by atoms with Crippen LogP contribution in [0.2, 0.25) is 5.02 Å². The van der Waals surface area contributed by atoms with Crippen LogP contribution >= 0.6 is 11.6 Å². The topological polar surface area (TPSA) is 75.8 Å². The van der Waals surface area contributed by atoms with Gasteiger partial charge in [0.1, 0.15) is 0 Å². The van der Waals surface area contributed by atoms with Crippen LogP contribution in [-0.2, 0) is 4.74 Å². The summed E-state index contributed by atoms with van der Waals surface area (Å²) < 4.78 is 5.79. The fourth-order valence-electron chi connectivity index (χ4n) is 4.08. The van der Waals surface area contributed by atoms with Gasteiger partial charge in [-0.15, -0.1) is 0 Å². The lowest BCUT2D eigenvalue weighted by molar-refractivity contribution is -0.385. The number of nitro benzene ring substituents is 1. The largest absolute Gasteiger partial charge is 0.392 e. The number of benzene rings is 1. The molecular formula is C17H23ClN2O4. The summed E-state index contributed by atoms with van der Waals surface area (Å²) in [5.74, 6) is 0. The summed E-state index contributed by atoms with van der Waals surface area (Å²) in [4.78, 5) is 12.8. The number of hydrogen-bond acceptors (Lipinski definition) is 5. The van der Waals surface area contributed by atoms with E-state index in [1.165, 1.54) is 6.07 Å². The van der Waals surface area contributed by atoms with Crippen LogP contribution in [0.1, 0.15) is 31.7 Å². The summed E-state index contributed by atoms with van der Waals surface area (Å²) in [5.41, 5.74) is 1.34. The predicted octanol–water partition coefficient (Wildman–Crippen LogP) is 3.31. The van der Waals surface area contributed by atoms with Gasteiger partial charge in [0.2, 0.25) is 0 Å². The molecule has 3 rings (SSSR count). The van der Waals surface area contributed by atoms with Gasteiger partial charge in [-0.25, -0.2) is 0 Å². The number of nitrogens with zero attached hydrogens (tertiary/aromatic N) is 2. The molecule has 2 unspecified atom stereocenters. The highest BCUT2D eigenvalue weighted by atomic mass is 35.5. The number of anilines is 1. The van der Waals surface area contributed by atoms with Crippen molar-refractivity contribution in [3.8, 4) is 0 Å². The third-order valence-electron chi connectivity index (χ3n) is 5.61. The van der Waals surface area contributed by atoms with E-state index in [4.69, 9.17) is 16.3 Å². The van der Waals surface area contributed by atoms with Gasteiger partial charge in [0, 0.05) is 43.2 Å². The molecule has 1 heterocycles. The minimum atomic E-state index is -0.409. The number of piperidine rings is 1. The van der Waals surface area contributed by atoms with Crippen molar-refractivity contribution in [3.05, 3.63) is 32.8 Å². The number of rotatable bonds is 4. The lowest BCUT2D eigenvalue weighted by Gasteiger charge is -2.57. The summed E-state index contributed by atoms with van der Waals surface area (Å²) in [7, 11) is 0. The zero-order valence-corrected chi connectivity index (χ0v) is 14.8. The van der Waals surface area contributed by atoms with Crippen molar-refractivity contribution < 1.29 is 14.8 Å². The molecule has 1 aromatic carbocycles. The summed E-state index contributed by atoms with van der Waals surface area (Å²) in [6.45, 7) is 5.89. The summed E-state index contributed by atoms with van der Waals surface area (Å²) in [5, 5.41) is 21.7. The van der Waals surface area contributed by atoms with Gasteiger partial charge in [-0.2, -0.15) is 0 Å². The minimum Gasteiger partial charge on any atom is -0.392 e. The van der Waals surface area contributed by atoms with Crippen molar-refractivity contribution in [1.29, 1.82) is 0 Å². The maximum absolute atomic E-state index is 11.0. The second kappa shape index (κ2) is 6.50. The Morgan fingerprint density at radius 3 is 2.67 bits per heavy atom. The first-order valence-electron chi connectivity index (χ1n) is 8.38. The van der Waals surface area contributed by atoms with Crippen molar-refractivity contribution in [2.45, 2.75) is 45.3 Å². The first-order valence-corrected chi connectivity index (χ1v) is 8.76. The Morgan fingerprint density at radius 2 is 2.12 bits per heavy atom. The molecule has 132 valence electrons. The first-order chi connectivity index (χ1) is 11.4. The second-order valence-corrected chi connectivity index (χ2v) is 7.17. The van der Waals surface area contributed by atoms with Gasteiger partial charge in [-0.05, 0) is 32.8 Å². The summed E-state index contributed by atoms with van der Waals surface area (Å²) in [6, 6.07) is 3.22. The Hall–Kier alpha value is -1.37. The Labute approximate surface area is 146 Å². The highest BCUT2D eigenvalue weighted by Gasteiger charge is 2.56. The smallest absolute Gasteiger partial charge is 0.273 e. The van der Waals surface area contributed by atoms with Crippen molar-refractivity contribution in [2.24, 2.45) is 5.41 Å². The molecule has 2 fully saturated rings. The molecule has 0 bridgehead atoms. The lowest BCUT2D eigenvalue weighted by Crippen LogP contribution is -2.62. The Balaban J connectivity index is 1.76. The van der Waals surface area contributed by atoms with Crippen LogP contribution in [0.3, 0.4) is 0 Å². The normalized spacial score (nSPS) is 25.6. The fourth-order valence-corrected chi connectivity index (χ4v) is 4.35. The Bertz CT molecular complexity index is 642. The molecule has 1 aliphatic heterocycles. The predicted molar refractivity (Wildman–Crippen MR) is 92.8 cm³/mol. The van der Waals surface area contributed by atoms with Gasteiger partial charge in [-0.3, -0.25) is 10.1 Å². The molecule has 24 heavy (non-hydrogen) atoms. The van der Waals surface area contributed by atoms with E-state index in [1.54, 1.807) is 13.0 Å². The molecule has 1 N–H and O–H groups in total. The Morgan fingerprint density at radius 1 is 1.46 bits per heavy atom. The highest BCUT2D eigenvalue weighted by Crippen LogP contribution is 2.51. The standard InChI is InChI=1S/C17H23ClN2O4/c1-3-24-16-10-15(21)17(16)4-6-19(7-5-17)14-8-11(2)13(20(22)23)9-12(14)18/h8-9,15-16,21H,3-7,10H2,1-2H3. The third kappa shape index (κ3) is 2.76. The summed E-state index contributed by atoms with van der Waals surface area (Å²) in [6.07, 6.45) is 2.22. The molecule has 1 aromatic rings. The molecule has 1 spiro atoms.